The van der Waals surface area contributed by atoms with Crippen molar-refractivity contribution in [2.45, 2.75) is 24.0 Å². The Morgan fingerprint density at radius 2 is 1.83 bits per heavy atom. The molecule has 23 heavy (non-hydrogen) atoms. The highest BCUT2D eigenvalue weighted by molar-refractivity contribution is 7.91. The van der Waals surface area contributed by atoms with Gasteiger partial charge in [-0.1, -0.05) is 0 Å². The number of thiophene rings is 1. The van der Waals surface area contributed by atoms with Crippen LogP contribution in [0, 0.1) is 6.92 Å². The highest BCUT2D eigenvalue weighted by atomic mass is 32.2. The van der Waals surface area contributed by atoms with Crippen LogP contribution in [0.4, 0.5) is 0 Å². The summed E-state index contributed by atoms with van der Waals surface area (Å²) in [6, 6.07) is 3.40. The zero-order valence-corrected chi connectivity index (χ0v) is 14.8. The fraction of sp³-hybridized carbons (Fsp3) is 0.571. The Hall–Kier alpha value is -1.45. The number of ether oxygens (including phenoxy) is 1. The van der Waals surface area contributed by atoms with Crippen molar-refractivity contribution >= 4 is 33.2 Å². The highest BCUT2D eigenvalue weighted by Gasteiger charge is 2.30. The number of methoxy groups -OCH3 is 1. The highest BCUT2D eigenvalue weighted by Crippen LogP contribution is 2.25. The van der Waals surface area contributed by atoms with Crippen molar-refractivity contribution in [3.8, 4) is 0 Å². The first-order valence-electron chi connectivity index (χ1n) is 7.26. The van der Waals surface area contributed by atoms with Gasteiger partial charge in [-0.2, -0.15) is 4.31 Å². The van der Waals surface area contributed by atoms with Crippen molar-refractivity contribution in [3.63, 3.8) is 0 Å². The molecule has 0 radical (unpaired) electrons. The number of carbonyl (C=O) groups is 2. The maximum absolute atomic E-state index is 12.5. The lowest BCUT2D eigenvalue weighted by atomic mass is 10.2. The third-order valence-corrected chi connectivity index (χ3v) is 7.04. The Bertz CT molecular complexity index is 675. The fourth-order valence-electron chi connectivity index (χ4n) is 2.33. The zero-order valence-electron chi connectivity index (χ0n) is 13.1. The van der Waals surface area contributed by atoms with Crippen LogP contribution in [0.3, 0.4) is 0 Å². The van der Waals surface area contributed by atoms with Crippen molar-refractivity contribution in [2.75, 3.05) is 33.3 Å². The molecule has 2 heterocycles. The van der Waals surface area contributed by atoms with E-state index >= 15 is 0 Å². The van der Waals surface area contributed by atoms with Gasteiger partial charge in [0.15, 0.2) is 0 Å². The van der Waals surface area contributed by atoms with E-state index in [0.717, 1.165) is 4.88 Å². The lowest BCUT2D eigenvalue weighted by Gasteiger charge is -2.33. The SMILES string of the molecule is COC(=O)CCC(=O)N1CCN(S(=O)(=O)c2ccc(C)s2)CC1. The van der Waals surface area contributed by atoms with Crippen molar-refractivity contribution in [1.82, 2.24) is 9.21 Å². The number of aryl methyl sites for hydroxylation is 1. The van der Waals surface area contributed by atoms with Gasteiger partial charge in [-0.3, -0.25) is 9.59 Å². The Morgan fingerprint density at radius 3 is 2.35 bits per heavy atom. The van der Waals surface area contributed by atoms with Crippen LogP contribution in [-0.2, 0) is 24.3 Å². The average Bonchev–Trinajstić information content (AvgIpc) is 2.99. The Kier molecular flexibility index (Phi) is 5.77. The molecule has 1 aromatic heterocycles. The normalized spacial score (nSPS) is 16.3. The molecule has 0 saturated carbocycles. The quantitative estimate of drug-likeness (QED) is 0.727. The van der Waals surface area contributed by atoms with E-state index in [-0.39, 0.29) is 31.8 Å². The van der Waals surface area contributed by atoms with Gasteiger partial charge >= 0.3 is 5.97 Å². The van der Waals surface area contributed by atoms with Crippen LogP contribution in [0.2, 0.25) is 0 Å². The molecule has 128 valence electrons. The van der Waals surface area contributed by atoms with Gasteiger partial charge in [-0.05, 0) is 19.1 Å². The van der Waals surface area contributed by atoms with Gasteiger partial charge in [0.25, 0.3) is 10.0 Å². The van der Waals surface area contributed by atoms with Crippen molar-refractivity contribution in [2.24, 2.45) is 0 Å². The average molecular weight is 360 g/mol. The van der Waals surface area contributed by atoms with E-state index in [1.807, 2.05) is 6.92 Å². The van der Waals surface area contributed by atoms with Crippen LogP contribution in [-0.4, -0.2) is 62.8 Å². The molecule has 9 heteroatoms. The fourth-order valence-corrected chi connectivity index (χ4v) is 5.18. The molecule has 1 aliphatic heterocycles. The molecule has 1 saturated heterocycles. The first-order chi connectivity index (χ1) is 10.8. The lowest BCUT2D eigenvalue weighted by Crippen LogP contribution is -2.50. The van der Waals surface area contributed by atoms with Crippen LogP contribution < -0.4 is 0 Å². The monoisotopic (exact) mass is 360 g/mol. The minimum Gasteiger partial charge on any atom is -0.469 e. The zero-order chi connectivity index (χ0) is 17.0. The van der Waals surface area contributed by atoms with E-state index in [4.69, 9.17) is 0 Å². The first kappa shape index (κ1) is 17.9. The van der Waals surface area contributed by atoms with Gasteiger partial charge in [0.2, 0.25) is 5.91 Å². The molecule has 1 fully saturated rings. The summed E-state index contributed by atoms with van der Waals surface area (Å²) in [6.07, 6.45) is 0.131. The molecule has 0 aliphatic carbocycles. The van der Waals surface area contributed by atoms with E-state index in [0.29, 0.717) is 17.3 Å². The molecule has 1 aliphatic rings. The largest absolute Gasteiger partial charge is 0.469 e. The number of rotatable bonds is 5. The molecule has 0 atom stereocenters. The molecule has 1 aromatic rings. The Morgan fingerprint density at radius 1 is 1.17 bits per heavy atom. The lowest BCUT2D eigenvalue weighted by molar-refractivity contribution is -0.143. The molecule has 0 unspecified atom stereocenters. The summed E-state index contributed by atoms with van der Waals surface area (Å²) in [5.74, 6) is -0.577. The van der Waals surface area contributed by atoms with Gasteiger partial charge in [0.05, 0.1) is 13.5 Å². The predicted octanol–water partition coefficient (Wildman–Crippen LogP) is 0.843. The summed E-state index contributed by atoms with van der Waals surface area (Å²) < 4.78 is 31.2. The minimum absolute atomic E-state index is 0.0440. The van der Waals surface area contributed by atoms with E-state index in [1.165, 1.54) is 22.8 Å². The molecular weight excluding hydrogens is 340 g/mol. The third kappa shape index (κ3) is 4.30. The smallest absolute Gasteiger partial charge is 0.306 e. The molecule has 2 rings (SSSR count). The molecule has 7 nitrogen and oxygen atoms in total. The maximum atomic E-state index is 12.5. The van der Waals surface area contributed by atoms with Crippen molar-refractivity contribution in [1.29, 1.82) is 0 Å². The maximum Gasteiger partial charge on any atom is 0.306 e. The number of hydrogen-bond acceptors (Lipinski definition) is 6. The summed E-state index contributed by atoms with van der Waals surface area (Å²) >= 11 is 1.25. The number of piperazine rings is 1. The topological polar surface area (TPSA) is 84.0 Å². The van der Waals surface area contributed by atoms with Gasteiger partial charge in [-0.25, -0.2) is 8.42 Å². The van der Waals surface area contributed by atoms with E-state index in [2.05, 4.69) is 4.74 Å². The van der Waals surface area contributed by atoms with E-state index < -0.39 is 16.0 Å². The predicted molar refractivity (Wildman–Crippen MR) is 85.6 cm³/mol. The number of nitrogens with zero attached hydrogens (tertiary/aromatic N) is 2. The number of esters is 1. The number of hydrogen-bond donors (Lipinski definition) is 0. The van der Waals surface area contributed by atoms with E-state index in [1.54, 1.807) is 17.0 Å². The molecule has 1 amide bonds. The number of carbonyl (C=O) groups excluding carboxylic acids is 2. The van der Waals surface area contributed by atoms with Crippen molar-refractivity contribution < 1.29 is 22.7 Å². The minimum atomic E-state index is -3.48. The number of amides is 1. The summed E-state index contributed by atoms with van der Waals surface area (Å²) in [7, 11) is -2.20. The van der Waals surface area contributed by atoms with Crippen molar-refractivity contribution in [3.05, 3.63) is 17.0 Å². The standard InChI is InChI=1S/C14H20N2O5S2/c1-11-3-6-14(22-11)23(19,20)16-9-7-15(8-10-16)12(17)4-5-13(18)21-2/h3,6H,4-5,7-10H2,1-2H3. The summed E-state index contributed by atoms with van der Waals surface area (Å²) in [5.41, 5.74) is 0. The second kappa shape index (κ2) is 7.41. The van der Waals surface area contributed by atoms with E-state index in [9.17, 15) is 18.0 Å². The van der Waals surface area contributed by atoms with Crippen LogP contribution in [0.1, 0.15) is 17.7 Å². The molecule has 0 N–H and O–H groups in total. The molecular formula is C14H20N2O5S2. The third-order valence-electron chi connectivity index (χ3n) is 3.67. The van der Waals surface area contributed by atoms with Crippen LogP contribution in [0.25, 0.3) is 0 Å². The molecule has 0 spiro atoms. The Balaban J connectivity index is 1.91. The second-order valence-electron chi connectivity index (χ2n) is 5.23. The molecule has 0 bridgehead atoms. The summed E-state index contributed by atoms with van der Waals surface area (Å²) in [5, 5.41) is 0. The second-order valence-corrected chi connectivity index (χ2v) is 8.68. The van der Waals surface area contributed by atoms with Crippen LogP contribution in [0.5, 0.6) is 0 Å². The Labute approximate surface area is 139 Å². The first-order valence-corrected chi connectivity index (χ1v) is 9.51. The molecule has 0 aromatic carbocycles. The summed E-state index contributed by atoms with van der Waals surface area (Å²) in [6.45, 7) is 3.07. The summed E-state index contributed by atoms with van der Waals surface area (Å²) in [4.78, 5) is 25.6. The van der Waals surface area contributed by atoms with Gasteiger partial charge in [0, 0.05) is 37.5 Å². The number of sulfonamides is 1. The van der Waals surface area contributed by atoms with Gasteiger partial charge in [-0.15, -0.1) is 11.3 Å². The van der Waals surface area contributed by atoms with Gasteiger partial charge < -0.3 is 9.64 Å². The van der Waals surface area contributed by atoms with Gasteiger partial charge in [0.1, 0.15) is 4.21 Å². The van der Waals surface area contributed by atoms with Crippen LogP contribution >= 0.6 is 11.3 Å². The van der Waals surface area contributed by atoms with Crippen LogP contribution in [0.15, 0.2) is 16.3 Å².